The quantitative estimate of drug-likeness (QED) is 0.365. The summed E-state index contributed by atoms with van der Waals surface area (Å²) in [7, 11) is 1.60. The molecule has 0 saturated carbocycles. The number of halogens is 1. The molecule has 31 heavy (non-hydrogen) atoms. The van der Waals surface area contributed by atoms with E-state index in [1.807, 2.05) is 19.1 Å². The van der Waals surface area contributed by atoms with Gasteiger partial charge in [0.05, 0.1) is 18.4 Å². The molecule has 6 heteroatoms. The number of benzene rings is 2. The monoisotopic (exact) mass is 432 g/mol. The normalized spacial score (nSPS) is 11.5. The zero-order valence-electron chi connectivity index (χ0n) is 17.4. The topological polar surface area (TPSA) is 64.4 Å². The van der Waals surface area contributed by atoms with Crippen LogP contribution in [0.5, 0.6) is 5.75 Å². The van der Waals surface area contributed by atoms with Gasteiger partial charge in [-0.25, -0.2) is 4.98 Å². The molecule has 0 unspecified atom stereocenters. The number of methoxy groups -OCH3 is 1. The summed E-state index contributed by atoms with van der Waals surface area (Å²) in [6.45, 7) is 3.92. The lowest BCUT2D eigenvalue weighted by molar-refractivity contribution is -0.111. The molecular weight excluding hydrogens is 412 g/mol. The molecule has 0 aliphatic carbocycles. The third-order valence-corrected chi connectivity index (χ3v) is 5.23. The molecule has 0 aliphatic rings. The molecule has 2 heterocycles. The van der Waals surface area contributed by atoms with Gasteiger partial charge in [-0.2, -0.15) is 0 Å². The Morgan fingerprint density at radius 2 is 1.94 bits per heavy atom. The van der Waals surface area contributed by atoms with E-state index < -0.39 is 0 Å². The molecule has 2 aromatic heterocycles. The number of aromatic nitrogens is 1. The van der Waals surface area contributed by atoms with Crippen LogP contribution < -0.4 is 10.1 Å². The van der Waals surface area contributed by atoms with Gasteiger partial charge in [0.1, 0.15) is 17.2 Å². The summed E-state index contributed by atoms with van der Waals surface area (Å²) in [5.41, 5.74) is 5.53. The number of furan rings is 1. The van der Waals surface area contributed by atoms with Crippen LogP contribution in [0, 0.1) is 6.92 Å². The molecule has 156 valence electrons. The zero-order valence-corrected chi connectivity index (χ0v) is 18.2. The lowest BCUT2D eigenvalue weighted by Gasteiger charge is -2.10. The molecule has 2 aromatic carbocycles. The molecule has 0 fully saturated rings. The SMILES string of the molecule is COc1cc2occ(-c3ccc(C)cc3)c2cc1/C(C)=C/C(=O)Nc1ccc(Cl)cn1. The summed E-state index contributed by atoms with van der Waals surface area (Å²) in [5.74, 6) is 0.765. The number of hydrogen-bond acceptors (Lipinski definition) is 4. The van der Waals surface area contributed by atoms with Gasteiger partial charge in [-0.3, -0.25) is 4.79 Å². The number of pyridine rings is 1. The van der Waals surface area contributed by atoms with Gasteiger partial charge < -0.3 is 14.5 Å². The summed E-state index contributed by atoms with van der Waals surface area (Å²) in [4.78, 5) is 16.6. The minimum atomic E-state index is -0.291. The van der Waals surface area contributed by atoms with Gasteiger partial charge in [-0.15, -0.1) is 0 Å². The summed E-state index contributed by atoms with van der Waals surface area (Å²) < 4.78 is 11.3. The minimum Gasteiger partial charge on any atom is -0.496 e. The van der Waals surface area contributed by atoms with Crippen LogP contribution in [0.1, 0.15) is 18.1 Å². The van der Waals surface area contributed by atoms with Crippen LogP contribution in [-0.2, 0) is 4.79 Å². The fourth-order valence-electron chi connectivity index (χ4n) is 3.38. The van der Waals surface area contributed by atoms with E-state index in [-0.39, 0.29) is 5.91 Å². The highest BCUT2D eigenvalue weighted by atomic mass is 35.5. The third kappa shape index (κ3) is 4.47. The van der Waals surface area contributed by atoms with E-state index >= 15 is 0 Å². The van der Waals surface area contributed by atoms with Crippen molar-refractivity contribution in [3.05, 3.63) is 83.2 Å². The Labute approximate surface area is 185 Å². The summed E-state index contributed by atoms with van der Waals surface area (Å²) in [6.07, 6.45) is 4.75. The maximum Gasteiger partial charge on any atom is 0.249 e. The summed E-state index contributed by atoms with van der Waals surface area (Å²) in [6, 6.07) is 15.4. The molecular formula is C25H21ClN2O3. The average Bonchev–Trinajstić information content (AvgIpc) is 3.17. The van der Waals surface area contributed by atoms with Gasteiger partial charge in [0.2, 0.25) is 5.91 Å². The van der Waals surface area contributed by atoms with Crippen molar-refractivity contribution in [1.29, 1.82) is 0 Å². The Kier molecular flexibility index (Phi) is 5.78. The molecule has 4 aromatic rings. The van der Waals surface area contributed by atoms with Crippen molar-refractivity contribution in [3.63, 3.8) is 0 Å². The van der Waals surface area contributed by atoms with E-state index in [4.69, 9.17) is 20.8 Å². The molecule has 0 bridgehead atoms. The van der Waals surface area contributed by atoms with Crippen LogP contribution in [0.25, 0.3) is 27.7 Å². The molecule has 1 amide bonds. The largest absolute Gasteiger partial charge is 0.496 e. The molecule has 5 nitrogen and oxygen atoms in total. The van der Waals surface area contributed by atoms with Crippen molar-refractivity contribution in [3.8, 4) is 16.9 Å². The highest BCUT2D eigenvalue weighted by Crippen LogP contribution is 2.37. The Morgan fingerprint density at radius 3 is 2.61 bits per heavy atom. The first-order valence-electron chi connectivity index (χ1n) is 9.72. The zero-order chi connectivity index (χ0) is 22.0. The number of nitrogens with one attached hydrogen (secondary N) is 1. The second-order valence-corrected chi connectivity index (χ2v) is 7.68. The molecule has 0 saturated heterocycles. The molecule has 1 N–H and O–H groups in total. The number of aryl methyl sites for hydroxylation is 1. The van der Waals surface area contributed by atoms with Gasteiger partial charge in [0.15, 0.2) is 0 Å². The van der Waals surface area contributed by atoms with Gasteiger partial charge in [0.25, 0.3) is 0 Å². The van der Waals surface area contributed by atoms with Crippen LogP contribution in [-0.4, -0.2) is 18.0 Å². The standard InChI is InChI=1S/C25H21ClN2O3/c1-15-4-6-17(7-5-15)21-14-31-23-12-22(30-3)19(11-20(21)23)16(2)10-25(29)28-24-9-8-18(26)13-27-24/h4-14H,1-3H3,(H,27,28,29)/b16-10+. The van der Waals surface area contributed by atoms with Crippen LogP contribution in [0.2, 0.25) is 5.02 Å². The number of anilines is 1. The number of rotatable bonds is 5. The number of allylic oxidation sites excluding steroid dienone is 1. The summed E-state index contributed by atoms with van der Waals surface area (Å²) in [5, 5.41) is 4.20. The number of fused-ring (bicyclic) bond motifs is 1. The van der Waals surface area contributed by atoms with Crippen LogP contribution in [0.15, 0.2) is 71.5 Å². The number of hydrogen-bond donors (Lipinski definition) is 1. The number of amides is 1. The van der Waals surface area contributed by atoms with Crippen molar-refractivity contribution in [2.45, 2.75) is 13.8 Å². The van der Waals surface area contributed by atoms with Crippen molar-refractivity contribution < 1.29 is 13.9 Å². The van der Waals surface area contributed by atoms with Crippen molar-refractivity contribution in [1.82, 2.24) is 4.98 Å². The number of carbonyl (C=O) groups excluding carboxylic acids is 1. The average molecular weight is 433 g/mol. The lowest BCUT2D eigenvalue weighted by Crippen LogP contribution is -2.09. The van der Waals surface area contributed by atoms with Crippen LogP contribution in [0.4, 0.5) is 5.82 Å². The van der Waals surface area contributed by atoms with E-state index in [1.54, 1.807) is 25.5 Å². The Balaban J connectivity index is 1.70. The Morgan fingerprint density at radius 1 is 1.16 bits per heavy atom. The first kappa shape index (κ1) is 20.7. The van der Waals surface area contributed by atoms with Crippen LogP contribution >= 0.6 is 11.6 Å². The Hall–Kier alpha value is -3.57. The fourth-order valence-corrected chi connectivity index (χ4v) is 3.49. The second-order valence-electron chi connectivity index (χ2n) is 7.24. The van der Waals surface area contributed by atoms with E-state index in [1.165, 1.54) is 17.8 Å². The van der Waals surface area contributed by atoms with Crippen molar-refractivity contribution in [2.75, 3.05) is 12.4 Å². The van der Waals surface area contributed by atoms with Gasteiger partial charge in [-0.05, 0) is 43.2 Å². The first-order chi connectivity index (χ1) is 14.9. The molecule has 0 aliphatic heterocycles. The van der Waals surface area contributed by atoms with Gasteiger partial charge >= 0.3 is 0 Å². The van der Waals surface area contributed by atoms with Crippen molar-refractivity contribution >= 4 is 39.9 Å². The third-order valence-electron chi connectivity index (χ3n) is 5.01. The molecule has 4 rings (SSSR count). The highest BCUT2D eigenvalue weighted by molar-refractivity contribution is 6.30. The number of nitrogens with zero attached hydrogens (tertiary/aromatic N) is 1. The van der Waals surface area contributed by atoms with Crippen LogP contribution in [0.3, 0.4) is 0 Å². The summed E-state index contributed by atoms with van der Waals surface area (Å²) >= 11 is 5.84. The van der Waals surface area contributed by atoms with Gasteiger partial charge in [0, 0.05) is 34.9 Å². The Bertz CT molecular complexity index is 1270. The number of ether oxygens (including phenoxy) is 1. The van der Waals surface area contributed by atoms with Gasteiger partial charge in [-0.1, -0.05) is 41.4 Å². The van der Waals surface area contributed by atoms with Crippen molar-refractivity contribution in [2.24, 2.45) is 0 Å². The molecule has 0 spiro atoms. The minimum absolute atomic E-state index is 0.291. The van der Waals surface area contributed by atoms with E-state index in [0.717, 1.165) is 33.2 Å². The van der Waals surface area contributed by atoms with E-state index in [0.29, 0.717) is 16.6 Å². The maximum atomic E-state index is 12.5. The highest BCUT2D eigenvalue weighted by Gasteiger charge is 2.15. The second kappa shape index (κ2) is 8.66. The maximum absolute atomic E-state index is 12.5. The fraction of sp³-hybridized carbons (Fsp3) is 0.120. The molecule has 0 atom stereocenters. The first-order valence-corrected chi connectivity index (χ1v) is 10.1. The predicted octanol–water partition coefficient (Wildman–Crippen LogP) is 6.51. The van der Waals surface area contributed by atoms with E-state index in [9.17, 15) is 4.79 Å². The number of carbonyl (C=O) groups is 1. The molecule has 0 radical (unpaired) electrons. The lowest BCUT2D eigenvalue weighted by atomic mass is 9.99. The van der Waals surface area contributed by atoms with E-state index in [2.05, 4.69) is 41.5 Å². The predicted molar refractivity (Wildman–Crippen MR) is 124 cm³/mol. The smallest absolute Gasteiger partial charge is 0.249 e.